The van der Waals surface area contributed by atoms with Gasteiger partial charge in [-0.25, -0.2) is 0 Å². The average molecular weight is 527 g/mol. The van der Waals surface area contributed by atoms with Crippen molar-refractivity contribution in [1.82, 2.24) is 4.48 Å². The first-order chi connectivity index (χ1) is 15.3. The highest BCUT2D eigenvalue weighted by Crippen LogP contribution is 2.48. The molecule has 0 spiro atoms. The number of hydrogen-bond donors (Lipinski definition) is 0. The number of rotatable bonds is 3. The molecule has 2 nitrogen and oxygen atoms in total. The van der Waals surface area contributed by atoms with Gasteiger partial charge in [0.05, 0.1) is 11.1 Å². The Morgan fingerprint density at radius 3 is 2.18 bits per heavy atom. The fraction of sp³-hybridized carbons (Fsp3) is 0.375. The molecule has 0 saturated carbocycles. The third kappa shape index (κ3) is 3.29. The lowest BCUT2D eigenvalue weighted by Gasteiger charge is -2.34. The van der Waals surface area contributed by atoms with Crippen molar-refractivity contribution in [2.24, 2.45) is 0 Å². The van der Waals surface area contributed by atoms with E-state index in [0.29, 0.717) is 52.3 Å². The summed E-state index contributed by atoms with van der Waals surface area (Å²) in [6.45, 7) is 6.49. The summed E-state index contributed by atoms with van der Waals surface area (Å²) in [5.41, 5.74) is 4.32. The van der Waals surface area contributed by atoms with E-state index >= 15 is 8.63 Å². The first-order valence-corrected chi connectivity index (χ1v) is 11.7. The highest BCUT2D eigenvalue weighted by atomic mass is 79.9. The topological polar surface area (TPSA) is 7.94 Å². The van der Waals surface area contributed by atoms with Gasteiger partial charge in [0.2, 0.25) is 0 Å². The molecule has 0 atom stereocenters. The van der Waals surface area contributed by atoms with Crippen molar-refractivity contribution in [3.8, 4) is 0 Å². The van der Waals surface area contributed by atoms with Gasteiger partial charge in [0.15, 0.2) is 5.70 Å². The van der Waals surface area contributed by atoms with Crippen molar-refractivity contribution in [3.05, 3.63) is 73.2 Å². The molecular weight excluding hydrogens is 502 g/mol. The zero-order valence-corrected chi connectivity index (χ0v) is 21.0. The van der Waals surface area contributed by atoms with Gasteiger partial charge in [0, 0.05) is 28.2 Å². The summed E-state index contributed by atoms with van der Waals surface area (Å²) in [6.07, 6.45) is -3.46. The molecule has 0 unspecified atom stereocenters. The predicted octanol–water partition coefficient (Wildman–Crippen LogP) is 7.66. The van der Waals surface area contributed by atoms with E-state index in [1.807, 2.05) is 13.8 Å². The molecule has 0 N–H and O–H groups in total. The van der Waals surface area contributed by atoms with Gasteiger partial charge in [-0.1, -0.05) is 29.8 Å². The summed E-state index contributed by atoms with van der Waals surface area (Å²) in [5, 5.41) is 0. The van der Waals surface area contributed by atoms with E-state index in [1.54, 1.807) is 33.8 Å². The van der Waals surface area contributed by atoms with Gasteiger partial charge in [-0.3, -0.25) is 0 Å². The average Bonchev–Trinajstić information content (AvgIpc) is 3.12. The van der Waals surface area contributed by atoms with E-state index in [4.69, 9.17) is 0 Å². The molecule has 1 aromatic heterocycles. The Morgan fingerprint density at radius 1 is 1.00 bits per heavy atom. The second-order valence-corrected chi connectivity index (χ2v) is 9.63. The van der Waals surface area contributed by atoms with Crippen molar-refractivity contribution in [1.29, 1.82) is 0 Å². The van der Waals surface area contributed by atoms with Crippen molar-refractivity contribution >= 4 is 34.2 Å². The quantitative estimate of drug-likeness (QED) is 0.286. The number of benzene rings is 1. The van der Waals surface area contributed by atoms with Gasteiger partial charge in [-0.05, 0) is 74.2 Å². The molecule has 3 heterocycles. The van der Waals surface area contributed by atoms with Crippen LogP contribution in [0.3, 0.4) is 0 Å². The van der Waals surface area contributed by atoms with Crippen LogP contribution in [0.2, 0.25) is 0 Å². The zero-order valence-electron chi connectivity index (χ0n) is 19.4. The molecule has 0 aliphatic carbocycles. The van der Waals surface area contributed by atoms with E-state index in [-0.39, 0.29) is 10.0 Å². The van der Waals surface area contributed by atoms with Gasteiger partial charge in [0.25, 0.3) is 0 Å². The van der Waals surface area contributed by atoms with E-state index in [0.717, 1.165) is 32.2 Å². The summed E-state index contributed by atoms with van der Waals surface area (Å²) in [6, 6.07) is 3.65. The van der Waals surface area contributed by atoms with E-state index in [2.05, 4.69) is 15.9 Å². The smallest absolute Gasteiger partial charge is 0.393 e. The Hall–Kier alpha value is -2.16. The molecule has 4 rings (SSSR count). The van der Waals surface area contributed by atoms with Crippen LogP contribution in [0.25, 0.3) is 5.57 Å². The molecule has 1 aromatic carbocycles. The maximum atomic E-state index is 16.2. The van der Waals surface area contributed by atoms with Gasteiger partial charge in [0.1, 0.15) is 5.71 Å². The Labute approximate surface area is 198 Å². The van der Waals surface area contributed by atoms with Gasteiger partial charge < -0.3 is 17.6 Å². The standard InChI is InChI=1S/C24H25BBrF5N2/c1-7-19-12(3)22-21(16-9-17(24(27,28)29)11-18(26)10-16)23-13(4)20(8-2)15(6)33(23)25(30,31)32(22)14(19)5/h9-11H,7-8H2,1-6H3. The summed E-state index contributed by atoms with van der Waals surface area (Å²) in [5.74, 6) is 0. The first kappa shape index (κ1) is 24.0. The first-order valence-electron chi connectivity index (χ1n) is 11.0. The lowest BCUT2D eigenvalue weighted by molar-refractivity contribution is -0.363. The summed E-state index contributed by atoms with van der Waals surface area (Å²) in [4.78, 5) is 0. The Bertz CT molecular complexity index is 1290. The van der Waals surface area contributed by atoms with Crippen molar-refractivity contribution in [3.63, 3.8) is 0 Å². The fourth-order valence-electron chi connectivity index (χ4n) is 5.65. The van der Waals surface area contributed by atoms with E-state index in [1.165, 1.54) is 0 Å². The Morgan fingerprint density at radius 2 is 1.64 bits per heavy atom. The number of fused-ring (bicyclic) bond motifs is 2. The van der Waals surface area contributed by atoms with Gasteiger partial charge in [-0.15, -0.1) is 0 Å². The van der Waals surface area contributed by atoms with Gasteiger partial charge in [-0.2, -0.15) is 13.2 Å². The summed E-state index contributed by atoms with van der Waals surface area (Å²) >= 11 is 3.21. The van der Waals surface area contributed by atoms with Crippen LogP contribution in [0.4, 0.5) is 21.8 Å². The van der Waals surface area contributed by atoms with Crippen LogP contribution in [0.1, 0.15) is 67.8 Å². The molecule has 2 aliphatic rings. The highest BCUT2D eigenvalue weighted by Gasteiger charge is 2.56. The molecule has 0 saturated heterocycles. The third-order valence-electron chi connectivity index (χ3n) is 7.01. The minimum Gasteiger partial charge on any atom is -0.393 e. The minimum absolute atomic E-state index is 0.245. The lowest BCUT2D eigenvalue weighted by Crippen LogP contribution is -2.51. The van der Waals surface area contributed by atoms with E-state index < -0.39 is 18.7 Å². The SMILES string of the molecule is CCC1=C(C)C2=C(c3cc(Br)cc(C(F)(F)F)c3)c3c(C)c(CC)c(C)n3[B-](F)(F)[N+]2=C1C. The lowest BCUT2D eigenvalue weighted by atomic mass is 9.83. The minimum atomic E-state index is -4.56. The molecule has 2 aromatic rings. The number of hydrogen-bond acceptors (Lipinski definition) is 0. The molecule has 9 heteroatoms. The fourth-order valence-corrected chi connectivity index (χ4v) is 6.14. The largest absolute Gasteiger partial charge is 0.737 e. The summed E-state index contributed by atoms with van der Waals surface area (Å²) in [7, 11) is 0. The molecular formula is C24H25BBrF5N2. The molecule has 33 heavy (non-hydrogen) atoms. The van der Waals surface area contributed by atoms with Gasteiger partial charge >= 0.3 is 13.1 Å². The van der Waals surface area contributed by atoms with Crippen LogP contribution in [0.5, 0.6) is 0 Å². The molecule has 0 amide bonds. The van der Waals surface area contributed by atoms with Crippen molar-refractivity contribution in [2.45, 2.75) is 60.6 Å². The van der Waals surface area contributed by atoms with E-state index in [9.17, 15) is 13.2 Å². The Balaban J connectivity index is 2.23. The molecule has 176 valence electrons. The summed E-state index contributed by atoms with van der Waals surface area (Å²) < 4.78 is 75.8. The highest BCUT2D eigenvalue weighted by molar-refractivity contribution is 9.10. The number of alkyl halides is 3. The van der Waals surface area contributed by atoms with Crippen LogP contribution in [0.15, 0.2) is 39.5 Å². The second kappa shape index (κ2) is 7.68. The van der Waals surface area contributed by atoms with Crippen LogP contribution in [-0.4, -0.2) is 21.6 Å². The second-order valence-electron chi connectivity index (χ2n) is 8.71. The van der Waals surface area contributed by atoms with Crippen molar-refractivity contribution < 1.29 is 26.3 Å². The number of aromatic nitrogens is 1. The van der Waals surface area contributed by atoms with Crippen LogP contribution in [-0.2, 0) is 12.6 Å². The number of nitrogens with zero attached hydrogens (tertiary/aromatic N) is 2. The number of allylic oxidation sites excluding steroid dienone is 2. The molecule has 0 fully saturated rings. The van der Waals surface area contributed by atoms with Crippen LogP contribution in [0, 0.1) is 13.8 Å². The maximum Gasteiger partial charge on any atom is 0.737 e. The normalized spacial score (nSPS) is 17.8. The molecule has 0 bridgehead atoms. The monoisotopic (exact) mass is 526 g/mol. The predicted molar refractivity (Wildman–Crippen MR) is 126 cm³/mol. The van der Waals surface area contributed by atoms with Crippen LogP contribution < -0.4 is 0 Å². The third-order valence-corrected chi connectivity index (χ3v) is 7.47. The van der Waals surface area contributed by atoms with Crippen molar-refractivity contribution in [2.75, 3.05) is 0 Å². The maximum absolute atomic E-state index is 16.2. The Kier molecular flexibility index (Phi) is 5.59. The van der Waals surface area contributed by atoms with Crippen LogP contribution >= 0.6 is 15.9 Å². The molecule has 2 aliphatic heterocycles. The number of halogens is 6. The zero-order chi connectivity index (χ0) is 24.6. The molecule has 0 radical (unpaired) electrons.